The molecule has 0 N–H and O–H groups in total. The first-order valence-electron chi connectivity index (χ1n) is 7.79. The molecule has 0 saturated carbocycles. The van der Waals surface area contributed by atoms with Gasteiger partial charge in [-0.1, -0.05) is 36.4 Å². The van der Waals surface area contributed by atoms with Crippen LogP contribution in [0.4, 0.5) is 18.9 Å². The molecule has 3 aromatic rings. The minimum Gasteiger partial charge on any atom is -0.310 e. The molecule has 0 spiro atoms. The van der Waals surface area contributed by atoms with Gasteiger partial charge in [0.15, 0.2) is 5.69 Å². The van der Waals surface area contributed by atoms with Crippen molar-refractivity contribution in [3.05, 3.63) is 60.4 Å². The molecule has 0 saturated heterocycles. The van der Waals surface area contributed by atoms with Gasteiger partial charge in [-0.05, 0) is 24.4 Å². The van der Waals surface area contributed by atoms with Crippen LogP contribution in [0.5, 0.6) is 0 Å². The summed E-state index contributed by atoms with van der Waals surface area (Å²) in [6.07, 6.45) is -3.36. The summed E-state index contributed by atoms with van der Waals surface area (Å²) in [4.78, 5) is 14.2. The van der Waals surface area contributed by atoms with Gasteiger partial charge >= 0.3 is 6.18 Å². The number of halogens is 3. The van der Waals surface area contributed by atoms with Gasteiger partial charge in [-0.15, -0.1) is 0 Å². The zero-order chi connectivity index (χ0) is 18.0. The fourth-order valence-electron chi connectivity index (χ4n) is 2.75. The number of amides is 1. The summed E-state index contributed by atoms with van der Waals surface area (Å²) in [7, 11) is 0. The van der Waals surface area contributed by atoms with E-state index in [9.17, 15) is 18.0 Å². The van der Waals surface area contributed by atoms with E-state index in [2.05, 4.69) is 5.10 Å². The van der Waals surface area contributed by atoms with Crippen LogP contribution in [0.3, 0.4) is 0 Å². The maximum absolute atomic E-state index is 12.6. The van der Waals surface area contributed by atoms with E-state index in [4.69, 9.17) is 0 Å². The normalized spacial score (nSPS) is 11.7. The molecular weight excluding hydrogens is 331 g/mol. The van der Waals surface area contributed by atoms with Crippen LogP contribution in [0.1, 0.15) is 12.6 Å². The highest BCUT2D eigenvalue weighted by Crippen LogP contribution is 2.28. The Morgan fingerprint density at radius 2 is 1.84 bits per heavy atom. The Balaban J connectivity index is 1.88. The SMILES string of the molecule is CCN(C(=O)Cn1ccc(C(F)(F)F)n1)c1cccc2ccccc12. The zero-order valence-corrected chi connectivity index (χ0v) is 13.5. The number of rotatable bonds is 4. The molecule has 130 valence electrons. The van der Waals surface area contributed by atoms with Crippen LogP contribution >= 0.6 is 0 Å². The molecule has 0 aliphatic carbocycles. The molecular formula is C18H16F3N3O. The maximum Gasteiger partial charge on any atom is 0.435 e. The lowest BCUT2D eigenvalue weighted by Crippen LogP contribution is -2.34. The second kappa shape index (κ2) is 6.58. The van der Waals surface area contributed by atoms with Gasteiger partial charge in [-0.25, -0.2) is 0 Å². The van der Waals surface area contributed by atoms with Crippen LogP contribution in [0.25, 0.3) is 10.8 Å². The van der Waals surface area contributed by atoms with Crippen molar-refractivity contribution >= 4 is 22.4 Å². The van der Waals surface area contributed by atoms with Gasteiger partial charge in [-0.2, -0.15) is 18.3 Å². The standard InChI is InChI=1S/C18H16F3N3O/c1-2-24(15-9-5-7-13-6-3-4-8-14(13)15)17(25)12-23-11-10-16(22-23)18(19,20)21/h3-11H,2,12H2,1H3. The van der Waals surface area contributed by atoms with Crippen molar-refractivity contribution in [1.29, 1.82) is 0 Å². The molecule has 2 aromatic carbocycles. The lowest BCUT2D eigenvalue weighted by Gasteiger charge is -2.22. The van der Waals surface area contributed by atoms with Gasteiger partial charge in [0.25, 0.3) is 0 Å². The number of benzene rings is 2. The Hall–Kier alpha value is -2.83. The molecule has 1 aromatic heterocycles. The van der Waals surface area contributed by atoms with Crippen molar-refractivity contribution in [2.24, 2.45) is 0 Å². The fourth-order valence-corrected chi connectivity index (χ4v) is 2.75. The third-order valence-corrected chi connectivity index (χ3v) is 3.90. The monoisotopic (exact) mass is 347 g/mol. The molecule has 0 atom stereocenters. The number of aromatic nitrogens is 2. The van der Waals surface area contributed by atoms with E-state index < -0.39 is 11.9 Å². The van der Waals surface area contributed by atoms with Crippen molar-refractivity contribution in [2.75, 3.05) is 11.4 Å². The fraction of sp³-hybridized carbons (Fsp3) is 0.222. The average Bonchev–Trinajstić information content (AvgIpc) is 3.04. The van der Waals surface area contributed by atoms with Gasteiger partial charge in [0.05, 0.1) is 5.69 Å². The van der Waals surface area contributed by atoms with E-state index in [1.165, 1.54) is 0 Å². The molecule has 0 fully saturated rings. The second-order valence-electron chi connectivity index (χ2n) is 5.53. The summed E-state index contributed by atoms with van der Waals surface area (Å²) in [5.41, 5.74) is -0.276. The average molecular weight is 347 g/mol. The quantitative estimate of drug-likeness (QED) is 0.712. The first-order chi connectivity index (χ1) is 11.9. The number of anilines is 1. The summed E-state index contributed by atoms with van der Waals surface area (Å²) < 4.78 is 38.9. The molecule has 0 unspecified atom stereocenters. The van der Waals surface area contributed by atoms with E-state index in [1.807, 2.05) is 49.4 Å². The molecule has 7 heteroatoms. The molecule has 0 bridgehead atoms. The molecule has 4 nitrogen and oxygen atoms in total. The maximum atomic E-state index is 12.6. The Kier molecular flexibility index (Phi) is 4.48. The highest BCUT2D eigenvalue weighted by molar-refractivity contribution is 6.03. The predicted octanol–water partition coefficient (Wildman–Crippen LogP) is 4.11. The van der Waals surface area contributed by atoms with Crippen LogP contribution in [-0.4, -0.2) is 22.2 Å². The Bertz CT molecular complexity index is 896. The summed E-state index contributed by atoms with van der Waals surface area (Å²) in [6.45, 7) is 1.97. The van der Waals surface area contributed by atoms with Gasteiger partial charge in [0, 0.05) is 18.1 Å². The number of nitrogens with zero attached hydrogens (tertiary/aromatic N) is 3. The highest BCUT2D eigenvalue weighted by atomic mass is 19.4. The van der Waals surface area contributed by atoms with Crippen LogP contribution in [0.2, 0.25) is 0 Å². The number of fused-ring (bicyclic) bond motifs is 1. The van der Waals surface area contributed by atoms with E-state index >= 15 is 0 Å². The van der Waals surface area contributed by atoms with Crippen molar-refractivity contribution < 1.29 is 18.0 Å². The molecule has 0 radical (unpaired) electrons. The Morgan fingerprint density at radius 1 is 1.12 bits per heavy atom. The second-order valence-corrected chi connectivity index (χ2v) is 5.53. The van der Waals surface area contributed by atoms with Gasteiger partial charge in [-0.3, -0.25) is 9.48 Å². The van der Waals surface area contributed by atoms with Crippen molar-refractivity contribution in [2.45, 2.75) is 19.6 Å². The molecule has 25 heavy (non-hydrogen) atoms. The number of hydrogen-bond donors (Lipinski definition) is 0. The Labute approximate surface area is 142 Å². The van der Waals surface area contributed by atoms with Crippen LogP contribution in [0.15, 0.2) is 54.7 Å². The summed E-state index contributed by atoms with van der Waals surface area (Å²) in [6, 6.07) is 14.1. The number of alkyl halides is 3. The minimum atomic E-state index is -4.52. The first kappa shape index (κ1) is 17.0. The zero-order valence-electron chi connectivity index (χ0n) is 13.5. The first-order valence-corrected chi connectivity index (χ1v) is 7.79. The van der Waals surface area contributed by atoms with Crippen molar-refractivity contribution in [1.82, 2.24) is 9.78 Å². The van der Waals surface area contributed by atoms with Crippen LogP contribution in [0, 0.1) is 0 Å². The topological polar surface area (TPSA) is 38.1 Å². The third-order valence-electron chi connectivity index (χ3n) is 3.90. The summed E-state index contributed by atoms with van der Waals surface area (Å²) >= 11 is 0. The van der Waals surface area contributed by atoms with Gasteiger partial charge in [0.2, 0.25) is 5.91 Å². The molecule has 0 aliphatic heterocycles. The largest absolute Gasteiger partial charge is 0.435 e. The van der Waals surface area contributed by atoms with Crippen molar-refractivity contribution in [3.63, 3.8) is 0 Å². The lowest BCUT2D eigenvalue weighted by atomic mass is 10.1. The predicted molar refractivity (Wildman–Crippen MR) is 89.2 cm³/mol. The van der Waals surface area contributed by atoms with Crippen LogP contribution in [-0.2, 0) is 17.5 Å². The smallest absolute Gasteiger partial charge is 0.310 e. The third kappa shape index (κ3) is 3.50. The minimum absolute atomic E-state index is 0.257. The van der Waals surface area contributed by atoms with E-state index in [1.54, 1.807) is 4.90 Å². The lowest BCUT2D eigenvalue weighted by molar-refractivity contribution is -0.141. The van der Waals surface area contributed by atoms with Gasteiger partial charge in [0.1, 0.15) is 6.54 Å². The molecule has 1 heterocycles. The molecule has 0 aliphatic rings. The van der Waals surface area contributed by atoms with Gasteiger partial charge < -0.3 is 4.90 Å². The molecule has 3 rings (SSSR count). The highest BCUT2D eigenvalue weighted by Gasteiger charge is 2.33. The number of carbonyl (C=O) groups is 1. The Morgan fingerprint density at radius 3 is 2.52 bits per heavy atom. The molecule has 1 amide bonds. The summed E-state index contributed by atoms with van der Waals surface area (Å²) in [5.74, 6) is -0.323. The van der Waals surface area contributed by atoms with Crippen molar-refractivity contribution in [3.8, 4) is 0 Å². The number of carbonyl (C=O) groups excluding carboxylic acids is 1. The number of likely N-dealkylation sites (N-methyl/N-ethyl adjacent to an activating group) is 1. The van der Waals surface area contributed by atoms with E-state index in [0.29, 0.717) is 6.54 Å². The summed E-state index contributed by atoms with van der Waals surface area (Å²) in [5, 5.41) is 5.34. The number of hydrogen-bond acceptors (Lipinski definition) is 2. The van der Waals surface area contributed by atoms with Crippen LogP contribution < -0.4 is 4.90 Å². The van der Waals surface area contributed by atoms with E-state index in [0.717, 1.165) is 33.4 Å². The van der Waals surface area contributed by atoms with E-state index in [-0.39, 0.29) is 12.5 Å².